The maximum Gasteiger partial charge on any atom is 0.241 e. The van der Waals surface area contributed by atoms with Crippen LogP contribution in [-0.4, -0.2) is 26.7 Å². The van der Waals surface area contributed by atoms with Gasteiger partial charge in [-0.25, -0.2) is 0 Å². The highest BCUT2D eigenvalue weighted by molar-refractivity contribution is 5.95. The van der Waals surface area contributed by atoms with Crippen LogP contribution in [0, 0.1) is 6.92 Å². The molecule has 0 saturated heterocycles. The van der Waals surface area contributed by atoms with Crippen LogP contribution in [0.4, 0.5) is 5.69 Å². The molecule has 6 heteroatoms. The Balaban J connectivity index is 2.39. The molecule has 100 valence electrons. The van der Waals surface area contributed by atoms with Crippen molar-refractivity contribution in [2.75, 3.05) is 5.32 Å². The summed E-state index contributed by atoms with van der Waals surface area (Å²) < 4.78 is 1.83. The normalized spacial score (nSPS) is 12.2. The molecule has 0 aliphatic heterocycles. The fourth-order valence-corrected chi connectivity index (χ4v) is 1.79. The smallest absolute Gasteiger partial charge is 0.241 e. The van der Waals surface area contributed by atoms with Gasteiger partial charge in [0.25, 0.3) is 0 Å². The molecular formula is C13H17N5O. The third-order valence-electron chi connectivity index (χ3n) is 2.96. The van der Waals surface area contributed by atoms with Gasteiger partial charge in [0.15, 0.2) is 5.82 Å². The molecule has 0 radical (unpaired) electrons. The van der Waals surface area contributed by atoms with E-state index in [-0.39, 0.29) is 5.91 Å². The van der Waals surface area contributed by atoms with E-state index >= 15 is 0 Å². The van der Waals surface area contributed by atoms with E-state index in [4.69, 9.17) is 5.73 Å². The lowest BCUT2D eigenvalue weighted by molar-refractivity contribution is -0.117. The number of nitrogens with one attached hydrogen (secondary N) is 1. The van der Waals surface area contributed by atoms with E-state index in [9.17, 15) is 4.79 Å². The summed E-state index contributed by atoms with van der Waals surface area (Å²) in [6, 6.07) is 5.11. The summed E-state index contributed by atoms with van der Waals surface area (Å²) in [5.74, 6) is 0.549. The average Bonchev–Trinajstić information content (AvgIpc) is 2.78. The van der Waals surface area contributed by atoms with Crippen molar-refractivity contribution in [1.82, 2.24) is 14.8 Å². The van der Waals surface area contributed by atoms with Crippen LogP contribution in [0.1, 0.15) is 12.5 Å². The zero-order valence-corrected chi connectivity index (χ0v) is 11.2. The van der Waals surface area contributed by atoms with Crippen molar-refractivity contribution in [3.8, 4) is 11.4 Å². The maximum atomic E-state index is 11.7. The van der Waals surface area contributed by atoms with Crippen molar-refractivity contribution >= 4 is 11.6 Å². The fourth-order valence-electron chi connectivity index (χ4n) is 1.79. The molecule has 19 heavy (non-hydrogen) atoms. The van der Waals surface area contributed by atoms with Crippen molar-refractivity contribution < 1.29 is 4.79 Å². The highest BCUT2D eigenvalue weighted by Gasteiger charge is 2.13. The van der Waals surface area contributed by atoms with Crippen molar-refractivity contribution in [3.05, 3.63) is 30.1 Å². The standard InChI is InChI=1S/C13H17N5O/c1-8-10(12-17-15-7-18(12)3)5-4-6-11(8)16-13(19)9(2)14/h4-7,9H,14H2,1-3H3,(H,16,19)/t9-/m1/s1. The van der Waals surface area contributed by atoms with Crippen molar-refractivity contribution in [1.29, 1.82) is 0 Å². The highest BCUT2D eigenvalue weighted by Crippen LogP contribution is 2.26. The lowest BCUT2D eigenvalue weighted by Crippen LogP contribution is -2.32. The second-order valence-corrected chi connectivity index (χ2v) is 4.52. The van der Waals surface area contributed by atoms with E-state index in [0.717, 1.165) is 22.6 Å². The molecular weight excluding hydrogens is 242 g/mol. The zero-order chi connectivity index (χ0) is 14.0. The molecule has 0 saturated carbocycles. The molecule has 1 aromatic carbocycles. The van der Waals surface area contributed by atoms with Gasteiger partial charge in [0, 0.05) is 18.3 Å². The van der Waals surface area contributed by atoms with Crippen LogP contribution >= 0.6 is 0 Å². The lowest BCUT2D eigenvalue weighted by atomic mass is 10.1. The van der Waals surface area contributed by atoms with Gasteiger partial charge in [-0.05, 0) is 25.5 Å². The Morgan fingerprint density at radius 2 is 2.21 bits per heavy atom. The molecule has 0 aliphatic rings. The molecule has 0 spiro atoms. The summed E-state index contributed by atoms with van der Waals surface area (Å²) in [5, 5.41) is 10.8. The Labute approximate surface area is 111 Å². The Hall–Kier alpha value is -2.21. The molecule has 1 heterocycles. The van der Waals surface area contributed by atoms with Crippen molar-refractivity contribution in [3.63, 3.8) is 0 Å². The number of nitrogens with zero attached hydrogens (tertiary/aromatic N) is 3. The van der Waals surface area contributed by atoms with Crippen LogP contribution in [-0.2, 0) is 11.8 Å². The molecule has 0 unspecified atom stereocenters. The van der Waals surface area contributed by atoms with Gasteiger partial charge < -0.3 is 15.6 Å². The van der Waals surface area contributed by atoms with E-state index in [1.54, 1.807) is 13.3 Å². The third kappa shape index (κ3) is 2.63. The highest BCUT2D eigenvalue weighted by atomic mass is 16.2. The Morgan fingerprint density at radius 3 is 2.79 bits per heavy atom. The Bertz CT molecular complexity index is 603. The number of benzene rings is 1. The van der Waals surface area contributed by atoms with Gasteiger partial charge in [-0.1, -0.05) is 12.1 Å². The maximum absolute atomic E-state index is 11.7. The molecule has 2 rings (SSSR count). The minimum atomic E-state index is -0.544. The summed E-state index contributed by atoms with van der Waals surface area (Å²) in [6.45, 7) is 3.58. The van der Waals surface area contributed by atoms with E-state index in [1.807, 2.05) is 36.7 Å². The lowest BCUT2D eigenvalue weighted by Gasteiger charge is -2.13. The molecule has 1 aromatic heterocycles. The molecule has 3 N–H and O–H groups in total. The molecule has 6 nitrogen and oxygen atoms in total. The number of amides is 1. The van der Waals surface area contributed by atoms with Crippen LogP contribution in [0.25, 0.3) is 11.4 Å². The summed E-state index contributed by atoms with van der Waals surface area (Å²) in [7, 11) is 1.88. The Morgan fingerprint density at radius 1 is 1.47 bits per heavy atom. The SMILES string of the molecule is Cc1c(NC(=O)[C@@H](C)N)cccc1-c1nncn1C. The molecule has 2 aromatic rings. The minimum absolute atomic E-state index is 0.210. The van der Waals surface area contributed by atoms with Crippen LogP contribution < -0.4 is 11.1 Å². The first-order chi connectivity index (χ1) is 9.00. The summed E-state index contributed by atoms with van der Waals surface area (Å²) in [6.07, 6.45) is 1.64. The van der Waals surface area contributed by atoms with E-state index in [1.165, 1.54) is 0 Å². The van der Waals surface area contributed by atoms with Crippen molar-refractivity contribution in [2.45, 2.75) is 19.9 Å². The topological polar surface area (TPSA) is 85.8 Å². The van der Waals surface area contributed by atoms with Gasteiger partial charge in [0.2, 0.25) is 5.91 Å². The van der Waals surface area contributed by atoms with Crippen molar-refractivity contribution in [2.24, 2.45) is 12.8 Å². The van der Waals surface area contributed by atoms with Gasteiger partial charge in [0.05, 0.1) is 6.04 Å². The second kappa shape index (κ2) is 5.19. The number of hydrogen-bond acceptors (Lipinski definition) is 4. The molecule has 1 atom stereocenters. The number of anilines is 1. The van der Waals surface area contributed by atoms with Crippen LogP contribution in [0.2, 0.25) is 0 Å². The second-order valence-electron chi connectivity index (χ2n) is 4.52. The first-order valence-electron chi connectivity index (χ1n) is 6.01. The van der Waals surface area contributed by atoms with E-state index in [0.29, 0.717) is 0 Å². The van der Waals surface area contributed by atoms with Crippen LogP contribution in [0.15, 0.2) is 24.5 Å². The predicted molar refractivity (Wildman–Crippen MR) is 73.5 cm³/mol. The number of aryl methyl sites for hydroxylation is 1. The molecule has 0 fully saturated rings. The first-order valence-corrected chi connectivity index (χ1v) is 6.01. The largest absolute Gasteiger partial charge is 0.324 e. The quantitative estimate of drug-likeness (QED) is 0.863. The van der Waals surface area contributed by atoms with Gasteiger partial charge >= 0.3 is 0 Å². The van der Waals surface area contributed by atoms with Gasteiger partial charge in [-0.3, -0.25) is 4.79 Å². The van der Waals surface area contributed by atoms with Gasteiger partial charge in [-0.2, -0.15) is 0 Å². The summed E-state index contributed by atoms with van der Waals surface area (Å²) in [5.41, 5.74) is 8.16. The number of nitrogens with two attached hydrogens (primary N) is 1. The van der Waals surface area contributed by atoms with Gasteiger partial charge in [0.1, 0.15) is 6.33 Å². The molecule has 1 amide bonds. The monoisotopic (exact) mass is 259 g/mol. The average molecular weight is 259 g/mol. The fraction of sp³-hybridized carbons (Fsp3) is 0.308. The first kappa shape index (κ1) is 13.2. The number of hydrogen-bond donors (Lipinski definition) is 2. The number of carbonyl (C=O) groups excluding carboxylic acids is 1. The summed E-state index contributed by atoms with van der Waals surface area (Å²) >= 11 is 0. The van der Waals surface area contributed by atoms with E-state index < -0.39 is 6.04 Å². The van der Waals surface area contributed by atoms with Crippen LogP contribution in [0.3, 0.4) is 0 Å². The number of carbonyl (C=O) groups is 1. The predicted octanol–water partition coefficient (Wildman–Crippen LogP) is 1.08. The number of aromatic nitrogens is 3. The molecule has 0 bridgehead atoms. The summed E-state index contributed by atoms with van der Waals surface area (Å²) in [4.78, 5) is 11.7. The molecule has 0 aliphatic carbocycles. The zero-order valence-electron chi connectivity index (χ0n) is 11.2. The van der Waals surface area contributed by atoms with E-state index in [2.05, 4.69) is 15.5 Å². The minimum Gasteiger partial charge on any atom is -0.324 e. The van der Waals surface area contributed by atoms with Crippen LogP contribution in [0.5, 0.6) is 0 Å². The Kier molecular flexibility index (Phi) is 3.62. The number of rotatable bonds is 3. The third-order valence-corrected chi connectivity index (χ3v) is 2.96. The van der Waals surface area contributed by atoms with Gasteiger partial charge in [-0.15, -0.1) is 10.2 Å².